The van der Waals surface area contributed by atoms with Crippen LogP contribution in [0.5, 0.6) is 0 Å². The van der Waals surface area contributed by atoms with Crippen molar-refractivity contribution in [3.05, 3.63) is 29.3 Å². The zero-order valence-electron chi connectivity index (χ0n) is 10.1. The summed E-state index contributed by atoms with van der Waals surface area (Å²) in [5.41, 5.74) is 8.33. The monoisotopic (exact) mass is 232 g/mol. The molecule has 2 rings (SSSR count). The van der Waals surface area contributed by atoms with Gasteiger partial charge in [-0.25, -0.2) is 0 Å². The fourth-order valence-electron chi connectivity index (χ4n) is 2.24. The number of hydrogen-bond acceptors (Lipinski definition) is 2. The Hall–Kier alpha value is -1.84. The van der Waals surface area contributed by atoms with E-state index in [2.05, 4.69) is 0 Å². The Bertz CT molecular complexity index is 482. The zero-order valence-corrected chi connectivity index (χ0v) is 10.1. The minimum atomic E-state index is -0.398. The molecule has 0 saturated carbocycles. The molecule has 1 fully saturated rings. The second kappa shape index (κ2) is 4.20. The lowest BCUT2D eigenvalue weighted by molar-refractivity contribution is -0.123. The van der Waals surface area contributed by atoms with Crippen molar-refractivity contribution in [2.24, 2.45) is 11.7 Å². The topological polar surface area (TPSA) is 63.4 Å². The largest absolute Gasteiger partial charge is 0.369 e. The molecular formula is C13H16N2O2. The number of benzene rings is 1. The van der Waals surface area contributed by atoms with Gasteiger partial charge in [0.2, 0.25) is 11.8 Å². The molecule has 2 amide bonds. The third kappa shape index (κ3) is 2.16. The van der Waals surface area contributed by atoms with Crippen molar-refractivity contribution in [1.29, 1.82) is 0 Å². The van der Waals surface area contributed by atoms with Gasteiger partial charge in [-0.15, -0.1) is 0 Å². The van der Waals surface area contributed by atoms with E-state index in [0.717, 1.165) is 16.8 Å². The first-order valence-corrected chi connectivity index (χ1v) is 5.66. The van der Waals surface area contributed by atoms with Crippen LogP contribution >= 0.6 is 0 Å². The predicted molar refractivity (Wildman–Crippen MR) is 65.6 cm³/mol. The number of aryl methyl sites for hydroxylation is 2. The van der Waals surface area contributed by atoms with Gasteiger partial charge in [0.1, 0.15) is 0 Å². The average Bonchev–Trinajstić information content (AvgIpc) is 2.61. The lowest BCUT2D eigenvalue weighted by Crippen LogP contribution is -2.28. The Morgan fingerprint density at radius 3 is 2.65 bits per heavy atom. The molecule has 1 aromatic carbocycles. The molecule has 1 atom stereocenters. The van der Waals surface area contributed by atoms with Gasteiger partial charge in [-0.3, -0.25) is 9.59 Å². The van der Waals surface area contributed by atoms with Crippen LogP contribution in [0.4, 0.5) is 5.69 Å². The summed E-state index contributed by atoms with van der Waals surface area (Å²) in [7, 11) is 0. The van der Waals surface area contributed by atoms with E-state index in [4.69, 9.17) is 5.73 Å². The van der Waals surface area contributed by atoms with Gasteiger partial charge in [-0.05, 0) is 25.5 Å². The number of nitrogens with two attached hydrogens (primary N) is 1. The van der Waals surface area contributed by atoms with Gasteiger partial charge in [-0.1, -0.05) is 17.7 Å². The number of hydrogen-bond donors (Lipinski definition) is 1. The zero-order chi connectivity index (χ0) is 12.6. The van der Waals surface area contributed by atoms with Gasteiger partial charge in [0.15, 0.2) is 0 Å². The van der Waals surface area contributed by atoms with Crippen molar-refractivity contribution >= 4 is 17.5 Å². The Kier molecular flexibility index (Phi) is 2.88. The number of amides is 2. The quantitative estimate of drug-likeness (QED) is 0.831. The first-order valence-electron chi connectivity index (χ1n) is 5.66. The van der Waals surface area contributed by atoms with E-state index in [1.807, 2.05) is 32.0 Å². The lowest BCUT2D eigenvalue weighted by Gasteiger charge is -2.19. The van der Waals surface area contributed by atoms with Gasteiger partial charge in [0.05, 0.1) is 5.92 Å². The Labute approximate surface area is 100 Å². The van der Waals surface area contributed by atoms with E-state index < -0.39 is 5.91 Å². The predicted octanol–water partition coefficient (Wildman–Crippen LogP) is 1.14. The maximum atomic E-state index is 11.8. The Balaban J connectivity index is 2.29. The summed E-state index contributed by atoms with van der Waals surface area (Å²) in [4.78, 5) is 24.6. The Morgan fingerprint density at radius 2 is 2.12 bits per heavy atom. The SMILES string of the molecule is Cc1ccc(N2C[C@@H](C(N)=O)CC2=O)c(C)c1. The molecule has 0 bridgehead atoms. The highest BCUT2D eigenvalue weighted by Crippen LogP contribution is 2.28. The van der Waals surface area contributed by atoms with Crippen LogP contribution in [0.25, 0.3) is 0 Å². The molecule has 2 N–H and O–H groups in total. The van der Waals surface area contributed by atoms with Crippen molar-refractivity contribution in [2.75, 3.05) is 11.4 Å². The summed E-state index contributed by atoms with van der Waals surface area (Å²) in [6.45, 7) is 4.38. The number of carbonyl (C=O) groups is 2. The molecule has 90 valence electrons. The molecule has 1 saturated heterocycles. The second-order valence-corrected chi connectivity index (χ2v) is 4.60. The third-order valence-electron chi connectivity index (χ3n) is 3.17. The third-order valence-corrected chi connectivity index (χ3v) is 3.17. The molecule has 0 spiro atoms. The highest BCUT2D eigenvalue weighted by atomic mass is 16.2. The van der Waals surface area contributed by atoms with Crippen LogP contribution in [0, 0.1) is 19.8 Å². The summed E-state index contributed by atoms with van der Waals surface area (Å²) in [6.07, 6.45) is 0.225. The van der Waals surface area contributed by atoms with Crippen molar-refractivity contribution in [2.45, 2.75) is 20.3 Å². The number of anilines is 1. The van der Waals surface area contributed by atoms with E-state index in [9.17, 15) is 9.59 Å². The van der Waals surface area contributed by atoms with E-state index >= 15 is 0 Å². The molecular weight excluding hydrogens is 216 g/mol. The summed E-state index contributed by atoms with van der Waals surface area (Å²) >= 11 is 0. The molecule has 1 aliphatic rings. The second-order valence-electron chi connectivity index (χ2n) is 4.60. The van der Waals surface area contributed by atoms with Crippen LogP contribution in [0.2, 0.25) is 0 Å². The molecule has 4 nitrogen and oxygen atoms in total. The highest BCUT2D eigenvalue weighted by Gasteiger charge is 2.34. The minimum absolute atomic E-state index is 0.0271. The van der Waals surface area contributed by atoms with Crippen LogP contribution in [0.3, 0.4) is 0 Å². The average molecular weight is 232 g/mol. The highest BCUT2D eigenvalue weighted by molar-refractivity contribution is 6.00. The van der Waals surface area contributed by atoms with Gasteiger partial charge >= 0.3 is 0 Å². The number of rotatable bonds is 2. The molecule has 1 aromatic rings. The van der Waals surface area contributed by atoms with Crippen molar-refractivity contribution in [3.63, 3.8) is 0 Å². The molecule has 17 heavy (non-hydrogen) atoms. The van der Waals surface area contributed by atoms with Gasteiger partial charge in [0.25, 0.3) is 0 Å². The van der Waals surface area contributed by atoms with Crippen LogP contribution in [-0.2, 0) is 9.59 Å². The van der Waals surface area contributed by atoms with E-state index in [-0.39, 0.29) is 18.2 Å². The normalized spacial score (nSPS) is 19.8. The van der Waals surface area contributed by atoms with Gasteiger partial charge in [-0.2, -0.15) is 0 Å². The van der Waals surface area contributed by atoms with Crippen molar-refractivity contribution in [1.82, 2.24) is 0 Å². The van der Waals surface area contributed by atoms with Crippen LogP contribution < -0.4 is 10.6 Å². The molecule has 1 heterocycles. The minimum Gasteiger partial charge on any atom is -0.369 e. The molecule has 1 aliphatic heterocycles. The fraction of sp³-hybridized carbons (Fsp3) is 0.385. The molecule has 0 aliphatic carbocycles. The summed E-state index contributed by atoms with van der Waals surface area (Å²) in [5, 5.41) is 0. The van der Waals surface area contributed by atoms with Gasteiger partial charge < -0.3 is 10.6 Å². The summed E-state index contributed by atoms with van der Waals surface area (Å²) < 4.78 is 0. The number of nitrogens with zero attached hydrogens (tertiary/aromatic N) is 1. The van der Waals surface area contributed by atoms with Crippen molar-refractivity contribution in [3.8, 4) is 0 Å². The maximum Gasteiger partial charge on any atom is 0.227 e. The van der Waals surface area contributed by atoms with E-state index in [1.165, 1.54) is 0 Å². The standard InChI is InChI=1S/C13H16N2O2/c1-8-3-4-11(9(2)5-8)15-7-10(13(14)17)6-12(15)16/h3-5,10H,6-7H2,1-2H3,(H2,14,17)/t10-/m0/s1. The molecule has 0 unspecified atom stereocenters. The molecule has 4 heteroatoms. The van der Waals surface area contributed by atoms with Crippen LogP contribution in [0.1, 0.15) is 17.5 Å². The number of carbonyl (C=O) groups excluding carboxylic acids is 2. The maximum absolute atomic E-state index is 11.8. The molecule has 0 aromatic heterocycles. The fourth-order valence-corrected chi connectivity index (χ4v) is 2.24. The summed E-state index contributed by atoms with van der Waals surface area (Å²) in [6, 6.07) is 5.92. The van der Waals surface area contributed by atoms with Crippen LogP contribution in [-0.4, -0.2) is 18.4 Å². The smallest absolute Gasteiger partial charge is 0.227 e. The van der Waals surface area contributed by atoms with Crippen molar-refractivity contribution < 1.29 is 9.59 Å². The lowest BCUT2D eigenvalue weighted by atomic mass is 10.1. The van der Waals surface area contributed by atoms with Gasteiger partial charge in [0, 0.05) is 18.7 Å². The summed E-state index contributed by atoms with van der Waals surface area (Å²) in [5.74, 6) is -0.783. The Morgan fingerprint density at radius 1 is 1.41 bits per heavy atom. The van der Waals surface area contributed by atoms with E-state index in [1.54, 1.807) is 4.90 Å². The number of primary amides is 1. The van der Waals surface area contributed by atoms with Crippen LogP contribution in [0.15, 0.2) is 18.2 Å². The first-order chi connectivity index (χ1) is 7.99. The first kappa shape index (κ1) is 11.6. The molecule has 0 radical (unpaired) electrons. The van der Waals surface area contributed by atoms with E-state index in [0.29, 0.717) is 6.54 Å².